The zero-order chi connectivity index (χ0) is 16.2. The van der Waals surface area contributed by atoms with Crippen molar-refractivity contribution in [2.24, 2.45) is 5.92 Å². The quantitative estimate of drug-likeness (QED) is 0.807. The van der Waals surface area contributed by atoms with Crippen LogP contribution in [0.15, 0.2) is 17.0 Å². The summed E-state index contributed by atoms with van der Waals surface area (Å²) in [5, 5.41) is 9.03. The molecule has 0 amide bonds. The number of hydrogen-bond acceptors (Lipinski definition) is 3. The number of halogens is 1. The molecule has 2 N–H and O–H groups in total. The molecule has 1 rings (SSSR count). The van der Waals surface area contributed by atoms with Gasteiger partial charge >= 0.3 is 5.97 Å². The number of aryl methyl sites for hydroxylation is 2. The van der Waals surface area contributed by atoms with Gasteiger partial charge in [0.1, 0.15) is 5.82 Å². The van der Waals surface area contributed by atoms with Crippen LogP contribution < -0.4 is 4.72 Å². The summed E-state index contributed by atoms with van der Waals surface area (Å²) in [5.74, 6) is -2.31. The van der Waals surface area contributed by atoms with E-state index in [0.29, 0.717) is 24.0 Å². The number of aliphatic carboxylic acids is 1. The summed E-state index contributed by atoms with van der Waals surface area (Å²) in [6, 6.07) is 2.28. The highest BCUT2D eigenvalue weighted by Gasteiger charge is 2.24. The molecule has 5 nitrogen and oxygen atoms in total. The zero-order valence-electron chi connectivity index (χ0n) is 12.3. The van der Waals surface area contributed by atoms with Crippen molar-refractivity contribution in [3.05, 3.63) is 29.1 Å². The van der Waals surface area contributed by atoms with Crippen LogP contribution in [0.1, 0.15) is 30.9 Å². The van der Waals surface area contributed by atoms with Gasteiger partial charge in [-0.15, -0.1) is 0 Å². The van der Waals surface area contributed by atoms with Crippen molar-refractivity contribution in [2.45, 2.75) is 38.5 Å². The lowest BCUT2D eigenvalue weighted by Gasteiger charge is -2.15. The van der Waals surface area contributed by atoms with Crippen LogP contribution in [0.5, 0.6) is 0 Å². The van der Waals surface area contributed by atoms with Crippen LogP contribution in [-0.4, -0.2) is 26.0 Å². The van der Waals surface area contributed by atoms with E-state index in [1.165, 1.54) is 13.8 Å². The molecule has 0 saturated heterocycles. The monoisotopic (exact) mass is 317 g/mol. The van der Waals surface area contributed by atoms with Gasteiger partial charge < -0.3 is 5.11 Å². The van der Waals surface area contributed by atoms with Gasteiger partial charge in [-0.1, -0.05) is 13.3 Å². The van der Waals surface area contributed by atoms with E-state index in [-0.39, 0.29) is 11.4 Å². The lowest BCUT2D eigenvalue weighted by molar-refractivity contribution is -0.141. The Labute approximate surface area is 124 Å². The van der Waals surface area contributed by atoms with E-state index < -0.39 is 27.7 Å². The Kier molecular flexibility index (Phi) is 5.86. The Hall–Kier alpha value is -1.47. The molecule has 1 aromatic carbocycles. The highest BCUT2D eigenvalue weighted by atomic mass is 32.2. The van der Waals surface area contributed by atoms with Crippen LogP contribution in [0.2, 0.25) is 0 Å². The summed E-state index contributed by atoms with van der Waals surface area (Å²) >= 11 is 0. The number of nitrogens with one attached hydrogen (secondary N) is 1. The fraction of sp³-hybridized carbons (Fsp3) is 0.500. The predicted molar refractivity (Wildman–Crippen MR) is 77.1 cm³/mol. The van der Waals surface area contributed by atoms with Gasteiger partial charge in [0.05, 0.1) is 10.8 Å². The summed E-state index contributed by atoms with van der Waals surface area (Å²) < 4.78 is 40.1. The van der Waals surface area contributed by atoms with Crippen molar-refractivity contribution in [3.8, 4) is 0 Å². The van der Waals surface area contributed by atoms with Gasteiger partial charge in [-0.25, -0.2) is 17.5 Å². The van der Waals surface area contributed by atoms with Crippen molar-refractivity contribution < 1.29 is 22.7 Å². The minimum atomic E-state index is -3.87. The highest BCUT2D eigenvalue weighted by Crippen LogP contribution is 2.21. The van der Waals surface area contributed by atoms with Crippen LogP contribution in [0, 0.1) is 25.6 Å². The molecule has 0 aromatic heterocycles. The molecule has 21 heavy (non-hydrogen) atoms. The second-order valence-corrected chi connectivity index (χ2v) is 6.75. The van der Waals surface area contributed by atoms with Crippen LogP contribution in [-0.2, 0) is 14.8 Å². The normalized spacial score (nSPS) is 13.1. The largest absolute Gasteiger partial charge is 0.481 e. The molecule has 118 valence electrons. The van der Waals surface area contributed by atoms with Crippen molar-refractivity contribution in [1.29, 1.82) is 0 Å². The first kappa shape index (κ1) is 17.6. The van der Waals surface area contributed by atoms with Crippen molar-refractivity contribution in [1.82, 2.24) is 4.72 Å². The third-order valence-corrected chi connectivity index (χ3v) is 4.93. The number of carboxylic acids is 1. The molecule has 0 spiro atoms. The highest BCUT2D eigenvalue weighted by molar-refractivity contribution is 7.89. The van der Waals surface area contributed by atoms with E-state index in [9.17, 15) is 17.6 Å². The smallest absolute Gasteiger partial charge is 0.307 e. The maximum atomic E-state index is 13.2. The Morgan fingerprint density at radius 2 is 1.86 bits per heavy atom. The number of hydrogen-bond donors (Lipinski definition) is 2. The van der Waals surface area contributed by atoms with E-state index in [0.717, 1.165) is 12.1 Å². The predicted octanol–water partition coefficient (Wildman–Crippen LogP) is 2.22. The van der Waals surface area contributed by atoms with Crippen molar-refractivity contribution in [3.63, 3.8) is 0 Å². The first-order chi connectivity index (χ1) is 9.69. The number of sulfonamides is 1. The topological polar surface area (TPSA) is 83.5 Å². The van der Waals surface area contributed by atoms with Gasteiger partial charge in [0, 0.05) is 6.54 Å². The number of benzene rings is 1. The molecular formula is C14H20FNO4S. The van der Waals surface area contributed by atoms with Crippen LogP contribution in [0.3, 0.4) is 0 Å². The zero-order valence-corrected chi connectivity index (χ0v) is 13.1. The summed E-state index contributed by atoms with van der Waals surface area (Å²) in [4.78, 5) is 11.0. The molecule has 0 heterocycles. The Bertz CT molecular complexity index is 605. The SMILES string of the molecule is CCCC(CNS(=O)(=O)c1c(C)cc(F)cc1C)C(=O)O. The van der Waals surface area contributed by atoms with E-state index in [1.807, 2.05) is 6.92 Å². The molecular weight excluding hydrogens is 297 g/mol. The molecule has 7 heteroatoms. The van der Waals surface area contributed by atoms with Crippen LogP contribution in [0.25, 0.3) is 0 Å². The molecule has 0 saturated carbocycles. The second-order valence-electron chi connectivity index (χ2n) is 5.04. The van der Waals surface area contributed by atoms with Crippen molar-refractivity contribution >= 4 is 16.0 Å². The van der Waals surface area contributed by atoms with Gasteiger partial charge in [0.2, 0.25) is 10.0 Å². The van der Waals surface area contributed by atoms with E-state index in [1.54, 1.807) is 0 Å². The molecule has 0 aliphatic heterocycles. The van der Waals surface area contributed by atoms with Gasteiger partial charge in [-0.05, 0) is 43.5 Å². The molecule has 1 aromatic rings. The summed E-state index contributed by atoms with van der Waals surface area (Å²) in [6.07, 6.45) is 1.03. The second kappa shape index (κ2) is 7.00. The number of carboxylic acid groups (broad SMARTS) is 1. The molecule has 1 unspecified atom stereocenters. The maximum Gasteiger partial charge on any atom is 0.307 e. The Morgan fingerprint density at radius 1 is 1.33 bits per heavy atom. The maximum absolute atomic E-state index is 13.2. The average molecular weight is 317 g/mol. The van der Waals surface area contributed by atoms with Crippen molar-refractivity contribution in [2.75, 3.05) is 6.54 Å². The van der Waals surface area contributed by atoms with Gasteiger partial charge in [0.25, 0.3) is 0 Å². The summed E-state index contributed by atoms with van der Waals surface area (Å²) in [7, 11) is -3.87. The fourth-order valence-corrected chi connectivity index (χ4v) is 3.80. The molecule has 0 fully saturated rings. The first-order valence-corrected chi connectivity index (χ1v) is 8.16. The summed E-state index contributed by atoms with van der Waals surface area (Å²) in [5.41, 5.74) is 0.588. The molecule has 0 bridgehead atoms. The third-order valence-electron chi connectivity index (χ3n) is 3.20. The van der Waals surface area contributed by atoms with Gasteiger partial charge in [0.15, 0.2) is 0 Å². The average Bonchev–Trinajstić information content (AvgIpc) is 2.32. The standard InChI is InChI=1S/C14H20FNO4S/c1-4-5-11(14(17)18)8-16-21(19,20)13-9(2)6-12(15)7-10(13)3/h6-7,11,16H,4-5,8H2,1-3H3,(H,17,18). The molecule has 0 radical (unpaired) electrons. The summed E-state index contributed by atoms with van der Waals surface area (Å²) in [6.45, 7) is 4.66. The van der Waals surface area contributed by atoms with Crippen LogP contribution >= 0.6 is 0 Å². The number of carbonyl (C=O) groups is 1. The van der Waals surface area contributed by atoms with E-state index in [2.05, 4.69) is 4.72 Å². The first-order valence-electron chi connectivity index (χ1n) is 6.68. The van der Waals surface area contributed by atoms with E-state index >= 15 is 0 Å². The van der Waals surface area contributed by atoms with E-state index in [4.69, 9.17) is 5.11 Å². The minimum Gasteiger partial charge on any atom is -0.481 e. The van der Waals surface area contributed by atoms with Gasteiger partial charge in [-0.2, -0.15) is 0 Å². The van der Waals surface area contributed by atoms with Gasteiger partial charge in [-0.3, -0.25) is 4.79 Å². The lowest BCUT2D eigenvalue weighted by Crippen LogP contribution is -2.33. The lowest BCUT2D eigenvalue weighted by atomic mass is 10.1. The minimum absolute atomic E-state index is 0.00420. The number of rotatable bonds is 7. The van der Waals surface area contributed by atoms with Crippen LogP contribution in [0.4, 0.5) is 4.39 Å². The third kappa shape index (κ3) is 4.50. The molecule has 0 aliphatic carbocycles. The molecule has 1 atom stereocenters. The Balaban J connectivity index is 3.00. The fourth-order valence-electron chi connectivity index (χ4n) is 2.27. The Morgan fingerprint density at radius 3 is 2.29 bits per heavy atom. The molecule has 0 aliphatic rings.